The SMILES string of the molecule is CN(C)C1(c2ccccc2)CCC(C)(CN(C(=O)NCC2CCC2)c2cnccn2)CC1. The third-order valence-corrected chi connectivity index (χ3v) is 7.83. The number of carbonyl (C=O) groups excluding carboxylic acids is 1. The van der Waals surface area contributed by atoms with Crippen LogP contribution < -0.4 is 10.2 Å². The second kappa shape index (κ2) is 9.57. The van der Waals surface area contributed by atoms with Gasteiger partial charge in [0, 0.05) is 31.0 Å². The average molecular weight is 436 g/mol. The smallest absolute Gasteiger partial charge is 0.323 e. The molecule has 2 saturated carbocycles. The van der Waals surface area contributed by atoms with Gasteiger partial charge in [-0.2, -0.15) is 0 Å². The van der Waals surface area contributed by atoms with Gasteiger partial charge in [0.15, 0.2) is 5.82 Å². The van der Waals surface area contributed by atoms with Gasteiger partial charge in [-0.25, -0.2) is 9.78 Å². The summed E-state index contributed by atoms with van der Waals surface area (Å²) in [5, 5.41) is 3.16. The van der Waals surface area contributed by atoms with Crippen molar-refractivity contribution in [3.05, 3.63) is 54.5 Å². The Morgan fingerprint density at radius 1 is 1.09 bits per heavy atom. The first kappa shape index (κ1) is 22.7. The molecule has 0 atom stereocenters. The Hall–Kier alpha value is -2.47. The van der Waals surface area contributed by atoms with Crippen LogP contribution in [0.4, 0.5) is 10.6 Å². The van der Waals surface area contributed by atoms with Crippen LogP contribution in [0.15, 0.2) is 48.9 Å². The molecule has 6 nitrogen and oxygen atoms in total. The summed E-state index contributed by atoms with van der Waals surface area (Å²) in [4.78, 5) is 26.1. The summed E-state index contributed by atoms with van der Waals surface area (Å²) in [7, 11) is 4.38. The molecule has 1 heterocycles. The summed E-state index contributed by atoms with van der Waals surface area (Å²) in [6.45, 7) is 3.73. The lowest BCUT2D eigenvalue weighted by Crippen LogP contribution is -2.51. The second-order valence-electron chi connectivity index (χ2n) is 10.2. The molecule has 4 rings (SSSR count). The predicted molar refractivity (Wildman–Crippen MR) is 128 cm³/mol. The largest absolute Gasteiger partial charge is 0.337 e. The molecule has 0 saturated heterocycles. The van der Waals surface area contributed by atoms with E-state index in [9.17, 15) is 4.79 Å². The molecule has 1 aromatic carbocycles. The van der Waals surface area contributed by atoms with E-state index in [0.29, 0.717) is 18.3 Å². The predicted octanol–water partition coefficient (Wildman–Crippen LogP) is 4.83. The van der Waals surface area contributed by atoms with Gasteiger partial charge in [0.25, 0.3) is 0 Å². The van der Waals surface area contributed by atoms with Crippen molar-refractivity contribution in [2.45, 2.75) is 57.4 Å². The quantitative estimate of drug-likeness (QED) is 0.677. The van der Waals surface area contributed by atoms with Crippen molar-refractivity contribution in [1.29, 1.82) is 0 Å². The monoisotopic (exact) mass is 435 g/mol. The zero-order valence-electron chi connectivity index (χ0n) is 19.8. The average Bonchev–Trinajstić information content (AvgIpc) is 2.78. The first-order chi connectivity index (χ1) is 15.4. The van der Waals surface area contributed by atoms with Gasteiger partial charge in [0.1, 0.15) is 0 Å². The lowest BCUT2D eigenvalue weighted by Gasteiger charge is -2.50. The molecule has 2 aliphatic rings. The van der Waals surface area contributed by atoms with E-state index in [2.05, 4.69) is 71.5 Å². The topological polar surface area (TPSA) is 61.4 Å². The summed E-state index contributed by atoms with van der Waals surface area (Å²) in [5.74, 6) is 1.26. The number of nitrogens with zero attached hydrogens (tertiary/aromatic N) is 4. The van der Waals surface area contributed by atoms with Crippen LogP contribution in [0.3, 0.4) is 0 Å². The maximum Gasteiger partial charge on any atom is 0.323 e. The number of rotatable bonds is 7. The van der Waals surface area contributed by atoms with E-state index in [1.54, 1.807) is 18.6 Å². The summed E-state index contributed by atoms with van der Waals surface area (Å²) in [5.41, 5.74) is 1.46. The zero-order valence-corrected chi connectivity index (χ0v) is 19.8. The van der Waals surface area contributed by atoms with Gasteiger partial charge in [-0.05, 0) is 69.5 Å². The van der Waals surface area contributed by atoms with Gasteiger partial charge in [0.05, 0.1) is 6.20 Å². The van der Waals surface area contributed by atoms with Crippen molar-refractivity contribution in [1.82, 2.24) is 20.2 Å². The molecule has 0 radical (unpaired) electrons. The highest BCUT2D eigenvalue weighted by Gasteiger charge is 2.44. The van der Waals surface area contributed by atoms with Crippen molar-refractivity contribution in [3.63, 3.8) is 0 Å². The lowest BCUT2D eigenvalue weighted by atomic mass is 9.65. The molecule has 2 fully saturated rings. The zero-order chi connectivity index (χ0) is 22.6. The number of urea groups is 1. The normalized spacial score (nSPS) is 25.9. The lowest BCUT2D eigenvalue weighted by molar-refractivity contribution is 0.0458. The molecule has 1 N–H and O–H groups in total. The number of nitrogens with one attached hydrogen (secondary N) is 1. The number of carbonyl (C=O) groups is 1. The first-order valence-corrected chi connectivity index (χ1v) is 12.0. The van der Waals surface area contributed by atoms with Crippen molar-refractivity contribution in [2.75, 3.05) is 32.1 Å². The Labute approximate surface area is 192 Å². The third-order valence-electron chi connectivity index (χ3n) is 7.83. The maximum absolute atomic E-state index is 13.2. The molecule has 172 valence electrons. The summed E-state index contributed by atoms with van der Waals surface area (Å²) < 4.78 is 0. The van der Waals surface area contributed by atoms with Crippen LogP contribution in [0.25, 0.3) is 0 Å². The highest BCUT2D eigenvalue weighted by Crippen LogP contribution is 2.48. The Balaban J connectivity index is 1.49. The van der Waals surface area contributed by atoms with E-state index < -0.39 is 0 Å². The van der Waals surface area contributed by atoms with Crippen LogP contribution in [-0.2, 0) is 5.54 Å². The minimum atomic E-state index is -0.0499. The summed E-state index contributed by atoms with van der Waals surface area (Å²) in [6.07, 6.45) is 13.0. The van der Waals surface area contributed by atoms with Gasteiger partial charge in [-0.15, -0.1) is 0 Å². The van der Waals surface area contributed by atoms with Gasteiger partial charge in [0.2, 0.25) is 0 Å². The Morgan fingerprint density at radius 3 is 2.38 bits per heavy atom. The molecule has 6 heteroatoms. The highest BCUT2D eigenvalue weighted by molar-refractivity contribution is 5.90. The first-order valence-electron chi connectivity index (χ1n) is 12.0. The molecule has 2 amide bonds. The van der Waals surface area contributed by atoms with E-state index in [1.165, 1.54) is 24.8 Å². The van der Waals surface area contributed by atoms with Crippen LogP contribution in [0, 0.1) is 11.3 Å². The molecular formula is C26H37N5O. The molecular weight excluding hydrogens is 398 g/mol. The van der Waals surface area contributed by atoms with Crippen molar-refractivity contribution >= 4 is 11.8 Å². The van der Waals surface area contributed by atoms with E-state index in [0.717, 1.165) is 32.2 Å². The fraction of sp³-hybridized carbons (Fsp3) is 0.577. The fourth-order valence-corrected chi connectivity index (χ4v) is 5.26. The molecule has 0 aliphatic heterocycles. The third kappa shape index (κ3) is 4.80. The number of hydrogen-bond donors (Lipinski definition) is 1. The van der Waals surface area contributed by atoms with Crippen LogP contribution in [0.5, 0.6) is 0 Å². The van der Waals surface area contributed by atoms with E-state index in [4.69, 9.17) is 0 Å². The van der Waals surface area contributed by atoms with E-state index >= 15 is 0 Å². The van der Waals surface area contributed by atoms with Crippen LogP contribution in [0.2, 0.25) is 0 Å². The Bertz CT molecular complexity index is 874. The molecule has 0 unspecified atom stereocenters. The number of benzene rings is 1. The number of amides is 2. The molecule has 1 aromatic heterocycles. The number of aromatic nitrogens is 2. The summed E-state index contributed by atoms with van der Waals surface area (Å²) >= 11 is 0. The minimum absolute atomic E-state index is 0.0274. The Morgan fingerprint density at radius 2 is 1.81 bits per heavy atom. The van der Waals surface area contributed by atoms with Crippen molar-refractivity contribution in [2.24, 2.45) is 11.3 Å². The van der Waals surface area contributed by atoms with Crippen LogP contribution in [-0.4, -0.2) is 48.1 Å². The Kier molecular flexibility index (Phi) is 6.79. The van der Waals surface area contributed by atoms with Crippen LogP contribution in [0.1, 0.15) is 57.4 Å². The molecule has 0 bridgehead atoms. The van der Waals surface area contributed by atoms with Crippen LogP contribution >= 0.6 is 0 Å². The fourth-order valence-electron chi connectivity index (χ4n) is 5.26. The minimum Gasteiger partial charge on any atom is -0.337 e. The molecule has 32 heavy (non-hydrogen) atoms. The van der Waals surface area contributed by atoms with Gasteiger partial charge in [-0.3, -0.25) is 14.8 Å². The number of hydrogen-bond acceptors (Lipinski definition) is 4. The van der Waals surface area contributed by atoms with Gasteiger partial charge in [-0.1, -0.05) is 43.7 Å². The molecule has 0 spiro atoms. The molecule has 2 aromatic rings. The van der Waals surface area contributed by atoms with E-state index in [-0.39, 0.29) is 17.0 Å². The maximum atomic E-state index is 13.2. The standard InChI is InChI=1S/C26H37N5O/c1-25(12-14-26(15-13-25,30(2)3)22-10-5-4-6-11-22)20-31(23-19-27-16-17-28-23)24(32)29-18-21-8-7-9-21/h4-6,10-11,16-17,19,21H,7-9,12-15,18,20H2,1-3H3,(H,29,32). The number of anilines is 1. The summed E-state index contributed by atoms with van der Waals surface area (Å²) in [6, 6.07) is 10.8. The second-order valence-corrected chi connectivity index (χ2v) is 10.2. The van der Waals surface area contributed by atoms with Crippen molar-refractivity contribution in [3.8, 4) is 0 Å². The van der Waals surface area contributed by atoms with E-state index in [1.807, 2.05) is 4.90 Å². The van der Waals surface area contributed by atoms with Gasteiger partial charge < -0.3 is 5.32 Å². The van der Waals surface area contributed by atoms with Crippen molar-refractivity contribution < 1.29 is 4.79 Å². The molecule has 2 aliphatic carbocycles. The van der Waals surface area contributed by atoms with Gasteiger partial charge >= 0.3 is 6.03 Å². The highest BCUT2D eigenvalue weighted by atomic mass is 16.2.